The van der Waals surface area contributed by atoms with Gasteiger partial charge in [-0.1, -0.05) is 15.9 Å². The largest absolute Gasteiger partial charge is 0.449 e. The summed E-state index contributed by atoms with van der Waals surface area (Å²) in [6.45, 7) is 2.22. The molecule has 0 radical (unpaired) electrons. The molecule has 1 unspecified atom stereocenters. The van der Waals surface area contributed by atoms with E-state index in [1.54, 1.807) is 11.6 Å². The van der Waals surface area contributed by atoms with E-state index >= 15 is 0 Å². The second-order valence-electron chi connectivity index (χ2n) is 3.16. The summed E-state index contributed by atoms with van der Waals surface area (Å²) in [5.41, 5.74) is 0. The predicted molar refractivity (Wildman–Crippen MR) is 66.3 cm³/mol. The monoisotopic (exact) mass is 332 g/mol. The van der Waals surface area contributed by atoms with Crippen LogP contribution in [0.2, 0.25) is 0 Å². The second kappa shape index (κ2) is 7.85. The number of methoxy groups -OCH3 is 1. The lowest BCUT2D eigenvalue weighted by atomic mass is 10.4. The van der Waals surface area contributed by atoms with Crippen molar-refractivity contribution in [2.24, 2.45) is 0 Å². The molecule has 0 spiro atoms. The molecule has 0 aromatic heterocycles. The molecule has 0 heterocycles. The molecular formula is C8H17BrN2O5S. The zero-order valence-electron chi connectivity index (χ0n) is 9.97. The number of carbonyl (C=O) groups is 1. The lowest BCUT2D eigenvalue weighted by Crippen LogP contribution is -2.44. The van der Waals surface area contributed by atoms with Gasteiger partial charge in [-0.25, -0.2) is 9.52 Å². The Hall–Kier alpha value is -0.380. The number of carbonyl (C=O) groups excluding carboxylic acids is 1. The van der Waals surface area contributed by atoms with Crippen molar-refractivity contribution in [1.82, 2.24) is 9.03 Å². The molecular weight excluding hydrogens is 316 g/mol. The minimum Gasteiger partial charge on any atom is -0.449 e. The third-order valence-electron chi connectivity index (χ3n) is 1.70. The average molecular weight is 333 g/mol. The molecule has 9 heteroatoms. The molecule has 0 aromatic rings. The van der Waals surface area contributed by atoms with Gasteiger partial charge in [0.25, 0.3) is 0 Å². The van der Waals surface area contributed by atoms with E-state index in [4.69, 9.17) is 4.74 Å². The predicted octanol–water partition coefficient (Wildman–Crippen LogP) is 0.319. The fourth-order valence-corrected chi connectivity index (χ4v) is 2.65. The first-order valence-corrected chi connectivity index (χ1v) is 7.22. The summed E-state index contributed by atoms with van der Waals surface area (Å²) in [7, 11) is -1.01. The van der Waals surface area contributed by atoms with E-state index in [0.29, 0.717) is 6.61 Å². The summed E-state index contributed by atoms with van der Waals surface area (Å²) >= 11 is 3.25. The van der Waals surface area contributed by atoms with Crippen LogP contribution in [-0.2, 0) is 19.7 Å². The highest BCUT2D eigenvalue weighted by Crippen LogP contribution is 2.05. The third kappa shape index (κ3) is 6.81. The first kappa shape index (κ1) is 16.6. The van der Waals surface area contributed by atoms with Crippen LogP contribution in [0.15, 0.2) is 0 Å². The van der Waals surface area contributed by atoms with Crippen LogP contribution in [0.4, 0.5) is 4.79 Å². The fourth-order valence-electron chi connectivity index (χ4n) is 0.954. The zero-order chi connectivity index (χ0) is 13.5. The first-order chi connectivity index (χ1) is 7.83. The smallest absolute Gasteiger partial charge is 0.421 e. The maximum absolute atomic E-state index is 11.6. The Morgan fingerprint density at radius 2 is 2.12 bits per heavy atom. The van der Waals surface area contributed by atoms with Gasteiger partial charge in [0.2, 0.25) is 0 Å². The Morgan fingerprint density at radius 3 is 2.59 bits per heavy atom. The van der Waals surface area contributed by atoms with Crippen LogP contribution in [0.25, 0.3) is 0 Å². The number of hydrogen-bond acceptors (Lipinski definition) is 5. The molecule has 0 aromatic carbocycles. The standard InChI is InChI=1S/C8H17BrN2O5S/c1-4-16-8(12)10-17(13,14)11(2)5-7(9)6-15-3/h7H,4-6H2,1-3H3,(H,10,12). The highest BCUT2D eigenvalue weighted by Gasteiger charge is 2.23. The highest BCUT2D eigenvalue weighted by molar-refractivity contribution is 9.09. The van der Waals surface area contributed by atoms with Gasteiger partial charge in [-0.2, -0.15) is 12.7 Å². The molecule has 1 amide bonds. The molecule has 7 nitrogen and oxygen atoms in total. The fraction of sp³-hybridized carbons (Fsp3) is 0.875. The van der Waals surface area contributed by atoms with Crippen molar-refractivity contribution < 1.29 is 22.7 Å². The quantitative estimate of drug-likeness (QED) is 0.678. The van der Waals surface area contributed by atoms with Gasteiger partial charge in [-0.3, -0.25) is 0 Å². The lowest BCUT2D eigenvalue weighted by molar-refractivity contribution is 0.158. The van der Waals surface area contributed by atoms with E-state index < -0.39 is 16.3 Å². The molecule has 0 bridgehead atoms. The number of rotatable bonds is 7. The third-order valence-corrected chi connectivity index (χ3v) is 3.65. The van der Waals surface area contributed by atoms with Crippen LogP contribution >= 0.6 is 15.9 Å². The van der Waals surface area contributed by atoms with Crippen LogP contribution in [0.3, 0.4) is 0 Å². The summed E-state index contributed by atoms with van der Waals surface area (Å²) in [5.74, 6) is 0. The zero-order valence-corrected chi connectivity index (χ0v) is 12.4. The molecule has 0 saturated carbocycles. The summed E-state index contributed by atoms with van der Waals surface area (Å²) in [6, 6.07) is 0. The Kier molecular flexibility index (Phi) is 7.68. The Balaban J connectivity index is 4.34. The van der Waals surface area contributed by atoms with Crippen molar-refractivity contribution in [3.05, 3.63) is 0 Å². The van der Waals surface area contributed by atoms with Gasteiger partial charge in [-0.15, -0.1) is 0 Å². The average Bonchev–Trinajstić information content (AvgIpc) is 2.17. The van der Waals surface area contributed by atoms with Crippen molar-refractivity contribution in [2.75, 3.05) is 33.9 Å². The van der Waals surface area contributed by atoms with E-state index in [0.717, 1.165) is 4.31 Å². The van der Waals surface area contributed by atoms with Gasteiger partial charge in [-0.05, 0) is 6.92 Å². The van der Waals surface area contributed by atoms with E-state index in [-0.39, 0.29) is 18.0 Å². The summed E-state index contributed by atoms with van der Waals surface area (Å²) in [6.07, 6.45) is -0.989. The molecule has 0 saturated heterocycles. The number of nitrogens with zero attached hydrogens (tertiary/aromatic N) is 1. The van der Waals surface area contributed by atoms with E-state index in [2.05, 4.69) is 20.7 Å². The van der Waals surface area contributed by atoms with Gasteiger partial charge < -0.3 is 9.47 Å². The minimum absolute atomic E-state index is 0.107. The number of nitrogens with one attached hydrogen (secondary N) is 1. The molecule has 0 rings (SSSR count). The highest BCUT2D eigenvalue weighted by atomic mass is 79.9. The normalized spacial score (nSPS) is 13.5. The van der Waals surface area contributed by atoms with Crippen LogP contribution < -0.4 is 4.72 Å². The summed E-state index contributed by atoms with van der Waals surface area (Å²) in [4.78, 5) is 10.8. The lowest BCUT2D eigenvalue weighted by Gasteiger charge is -2.19. The molecule has 1 atom stereocenters. The number of hydrogen-bond donors (Lipinski definition) is 1. The summed E-state index contributed by atoms with van der Waals surface area (Å²) < 4.78 is 35.3. The topological polar surface area (TPSA) is 84.9 Å². The van der Waals surface area contributed by atoms with Crippen LogP contribution in [0.1, 0.15) is 6.92 Å². The number of alkyl halides is 1. The minimum atomic E-state index is -3.87. The number of halogens is 1. The van der Waals surface area contributed by atoms with Crippen LogP contribution in [0.5, 0.6) is 0 Å². The van der Waals surface area contributed by atoms with Gasteiger partial charge in [0, 0.05) is 20.7 Å². The molecule has 0 aliphatic carbocycles. The molecule has 0 fully saturated rings. The van der Waals surface area contributed by atoms with Crippen molar-refractivity contribution in [2.45, 2.75) is 11.8 Å². The summed E-state index contributed by atoms with van der Waals surface area (Å²) in [5, 5.41) is 0. The first-order valence-electron chi connectivity index (χ1n) is 4.87. The van der Waals surface area contributed by atoms with E-state index in [1.807, 2.05) is 0 Å². The van der Waals surface area contributed by atoms with Gasteiger partial charge in [0.15, 0.2) is 0 Å². The molecule has 1 N–H and O–H groups in total. The Bertz CT molecular complexity index is 335. The van der Waals surface area contributed by atoms with Crippen molar-refractivity contribution in [3.8, 4) is 0 Å². The molecule has 17 heavy (non-hydrogen) atoms. The van der Waals surface area contributed by atoms with Gasteiger partial charge in [0.05, 0.1) is 18.0 Å². The maximum atomic E-state index is 11.6. The van der Waals surface area contributed by atoms with E-state index in [1.165, 1.54) is 14.2 Å². The van der Waals surface area contributed by atoms with Gasteiger partial charge in [0.1, 0.15) is 0 Å². The van der Waals surface area contributed by atoms with Gasteiger partial charge >= 0.3 is 16.3 Å². The van der Waals surface area contributed by atoms with Crippen LogP contribution in [0, 0.1) is 0 Å². The molecule has 0 aliphatic rings. The Morgan fingerprint density at radius 1 is 1.53 bits per heavy atom. The van der Waals surface area contributed by atoms with Crippen LogP contribution in [-0.4, -0.2) is 57.6 Å². The number of amides is 1. The maximum Gasteiger partial charge on any atom is 0.421 e. The SMILES string of the molecule is CCOC(=O)NS(=O)(=O)N(C)CC(Br)COC. The molecule has 0 aliphatic heterocycles. The second-order valence-corrected chi connectivity index (χ2v) is 6.23. The molecule has 102 valence electrons. The van der Waals surface area contributed by atoms with Crippen molar-refractivity contribution >= 4 is 32.2 Å². The van der Waals surface area contributed by atoms with Crippen molar-refractivity contribution in [1.29, 1.82) is 0 Å². The Labute approximate surface area is 110 Å². The van der Waals surface area contributed by atoms with Crippen molar-refractivity contribution in [3.63, 3.8) is 0 Å². The number of ether oxygens (including phenoxy) is 2. The van der Waals surface area contributed by atoms with E-state index in [9.17, 15) is 13.2 Å².